The molecule has 20 heavy (non-hydrogen) atoms. The molecule has 0 atom stereocenters. The van der Waals surface area contributed by atoms with Crippen molar-refractivity contribution in [1.29, 1.82) is 0 Å². The average Bonchev–Trinajstić information content (AvgIpc) is 2.38. The van der Waals surface area contributed by atoms with Crippen molar-refractivity contribution in [3.8, 4) is 0 Å². The molecule has 0 saturated carbocycles. The molecule has 0 bridgehead atoms. The highest BCUT2D eigenvalue weighted by Gasteiger charge is 2.19. The Labute approximate surface area is 116 Å². The zero-order valence-electron chi connectivity index (χ0n) is 10.7. The van der Waals surface area contributed by atoms with Crippen LogP contribution in [0.5, 0.6) is 0 Å². The van der Waals surface area contributed by atoms with Crippen LogP contribution in [-0.2, 0) is 16.6 Å². The Kier molecular flexibility index (Phi) is 4.01. The molecule has 2 rings (SSSR count). The van der Waals surface area contributed by atoms with Crippen LogP contribution in [0.4, 0.5) is 10.1 Å². The number of aromatic nitrogens is 1. The highest BCUT2D eigenvalue weighted by molar-refractivity contribution is 7.92. The number of halogens is 1. The summed E-state index contributed by atoms with van der Waals surface area (Å²) in [5, 5.41) is 9.16. The molecule has 106 valence electrons. The van der Waals surface area contributed by atoms with E-state index in [1.54, 1.807) is 13.0 Å². The van der Waals surface area contributed by atoms with Gasteiger partial charge in [-0.05, 0) is 36.8 Å². The van der Waals surface area contributed by atoms with Crippen molar-refractivity contribution in [1.82, 2.24) is 4.98 Å². The number of aliphatic hydroxyl groups is 1. The molecule has 1 heterocycles. The van der Waals surface area contributed by atoms with E-state index < -0.39 is 22.4 Å². The number of aliphatic hydroxyl groups excluding tert-OH is 1. The number of aryl methyl sites for hydroxylation is 1. The maximum atomic E-state index is 13.2. The second-order valence-corrected chi connectivity index (χ2v) is 5.85. The summed E-state index contributed by atoms with van der Waals surface area (Å²) in [6.45, 7) is 1.23. The van der Waals surface area contributed by atoms with Crippen molar-refractivity contribution in [3.05, 3.63) is 53.6 Å². The maximum Gasteiger partial charge on any atom is 0.262 e. The first-order chi connectivity index (χ1) is 9.42. The number of sulfonamides is 1. The third-order valence-corrected chi connectivity index (χ3v) is 4.10. The molecule has 0 saturated heterocycles. The predicted molar refractivity (Wildman–Crippen MR) is 72.1 cm³/mol. The summed E-state index contributed by atoms with van der Waals surface area (Å²) in [4.78, 5) is 3.67. The molecule has 1 aromatic carbocycles. The number of hydrogen-bond donors (Lipinski definition) is 2. The number of rotatable bonds is 4. The Bertz CT molecular complexity index is 732. The van der Waals surface area contributed by atoms with E-state index in [0.717, 1.165) is 12.1 Å². The first kappa shape index (κ1) is 14.4. The smallest absolute Gasteiger partial charge is 0.262 e. The van der Waals surface area contributed by atoms with Gasteiger partial charge in [0.05, 0.1) is 17.2 Å². The first-order valence-corrected chi connectivity index (χ1v) is 7.25. The van der Waals surface area contributed by atoms with E-state index in [9.17, 15) is 12.8 Å². The van der Waals surface area contributed by atoms with Gasteiger partial charge in [0.25, 0.3) is 10.0 Å². The average molecular weight is 296 g/mol. The second-order valence-electron chi connectivity index (χ2n) is 4.20. The second kappa shape index (κ2) is 5.56. The zero-order valence-corrected chi connectivity index (χ0v) is 11.5. The van der Waals surface area contributed by atoms with Crippen LogP contribution in [-0.4, -0.2) is 18.5 Å². The standard InChI is InChI=1S/C13H13FN2O3S/c1-9-6-12(4-5-15-9)16-20(18,19)13-7-11(14)3-2-10(13)8-17/h2-7,17H,8H2,1H3,(H,15,16). The third kappa shape index (κ3) is 3.12. The minimum atomic E-state index is -3.97. The Morgan fingerprint density at radius 2 is 2.05 bits per heavy atom. The third-order valence-electron chi connectivity index (χ3n) is 2.64. The molecule has 0 amide bonds. The van der Waals surface area contributed by atoms with Gasteiger partial charge >= 0.3 is 0 Å². The van der Waals surface area contributed by atoms with E-state index in [2.05, 4.69) is 9.71 Å². The number of anilines is 1. The predicted octanol–water partition coefficient (Wildman–Crippen LogP) is 1.82. The number of benzene rings is 1. The quantitative estimate of drug-likeness (QED) is 0.902. The number of hydrogen-bond acceptors (Lipinski definition) is 4. The van der Waals surface area contributed by atoms with E-state index in [0.29, 0.717) is 11.4 Å². The molecule has 5 nitrogen and oxygen atoms in total. The van der Waals surface area contributed by atoms with Crippen LogP contribution in [0.1, 0.15) is 11.3 Å². The molecule has 0 aliphatic heterocycles. The Hall–Kier alpha value is -1.99. The lowest BCUT2D eigenvalue weighted by Gasteiger charge is -2.11. The van der Waals surface area contributed by atoms with Crippen LogP contribution in [0.2, 0.25) is 0 Å². The largest absolute Gasteiger partial charge is 0.392 e. The Morgan fingerprint density at radius 3 is 2.70 bits per heavy atom. The monoisotopic (exact) mass is 296 g/mol. The van der Waals surface area contributed by atoms with Gasteiger partial charge in [-0.25, -0.2) is 12.8 Å². The molecule has 0 aliphatic rings. The van der Waals surface area contributed by atoms with Gasteiger partial charge in [0.15, 0.2) is 0 Å². The number of nitrogens with one attached hydrogen (secondary N) is 1. The summed E-state index contributed by atoms with van der Waals surface area (Å²) in [6, 6.07) is 6.25. The Morgan fingerprint density at radius 1 is 1.30 bits per heavy atom. The first-order valence-electron chi connectivity index (χ1n) is 5.77. The van der Waals surface area contributed by atoms with Crippen molar-refractivity contribution in [2.24, 2.45) is 0 Å². The number of pyridine rings is 1. The van der Waals surface area contributed by atoms with Gasteiger partial charge in [-0.2, -0.15) is 0 Å². The van der Waals surface area contributed by atoms with E-state index in [-0.39, 0.29) is 10.5 Å². The van der Waals surface area contributed by atoms with Gasteiger partial charge in [0.2, 0.25) is 0 Å². The highest BCUT2D eigenvalue weighted by atomic mass is 32.2. The Balaban J connectivity index is 2.43. The van der Waals surface area contributed by atoms with E-state index >= 15 is 0 Å². The minimum Gasteiger partial charge on any atom is -0.392 e. The van der Waals surface area contributed by atoms with Crippen LogP contribution >= 0.6 is 0 Å². The normalized spacial score (nSPS) is 11.3. The summed E-state index contributed by atoms with van der Waals surface area (Å²) in [5.41, 5.74) is 1.10. The van der Waals surface area contributed by atoms with Gasteiger partial charge in [-0.15, -0.1) is 0 Å². The lowest BCUT2D eigenvalue weighted by molar-refractivity contribution is 0.278. The SMILES string of the molecule is Cc1cc(NS(=O)(=O)c2cc(F)ccc2CO)ccn1. The summed E-state index contributed by atoms with van der Waals surface area (Å²) in [7, 11) is -3.97. The molecule has 0 fully saturated rings. The van der Waals surface area contributed by atoms with Crippen LogP contribution < -0.4 is 4.72 Å². The van der Waals surface area contributed by atoms with Crippen molar-refractivity contribution < 1.29 is 17.9 Å². The van der Waals surface area contributed by atoms with Crippen LogP contribution in [0.15, 0.2) is 41.4 Å². The fraction of sp³-hybridized carbons (Fsp3) is 0.154. The van der Waals surface area contributed by atoms with Gasteiger partial charge in [-0.1, -0.05) is 6.07 Å². The summed E-state index contributed by atoms with van der Waals surface area (Å²) in [6.07, 6.45) is 1.46. The topological polar surface area (TPSA) is 79.3 Å². The highest BCUT2D eigenvalue weighted by Crippen LogP contribution is 2.21. The van der Waals surface area contributed by atoms with Crippen molar-refractivity contribution >= 4 is 15.7 Å². The van der Waals surface area contributed by atoms with Gasteiger partial charge in [0.1, 0.15) is 5.82 Å². The molecule has 2 N–H and O–H groups in total. The van der Waals surface area contributed by atoms with E-state index in [4.69, 9.17) is 5.11 Å². The van der Waals surface area contributed by atoms with Crippen LogP contribution in [0, 0.1) is 12.7 Å². The molecular weight excluding hydrogens is 283 g/mol. The zero-order chi connectivity index (χ0) is 14.8. The summed E-state index contributed by atoms with van der Waals surface area (Å²) >= 11 is 0. The van der Waals surface area contributed by atoms with Crippen LogP contribution in [0.25, 0.3) is 0 Å². The number of nitrogens with zero attached hydrogens (tertiary/aromatic N) is 1. The molecule has 0 unspecified atom stereocenters. The van der Waals surface area contributed by atoms with Crippen molar-refractivity contribution in [3.63, 3.8) is 0 Å². The molecule has 2 aromatic rings. The van der Waals surface area contributed by atoms with Crippen molar-refractivity contribution in [2.45, 2.75) is 18.4 Å². The molecule has 1 aromatic heterocycles. The van der Waals surface area contributed by atoms with E-state index in [1.807, 2.05) is 0 Å². The lowest BCUT2D eigenvalue weighted by atomic mass is 10.2. The molecule has 0 spiro atoms. The summed E-state index contributed by atoms with van der Waals surface area (Å²) in [5.74, 6) is -0.687. The fourth-order valence-electron chi connectivity index (χ4n) is 1.73. The van der Waals surface area contributed by atoms with Crippen LogP contribution in [0.3, 0.4) is 0 Å². The minimum absolute atomic E-state index is 0.129. The summed E-state index contributed by atoms with van der Waals surface area (Å²) < 4.78 is 40.0. The van der Waals surface area contributed by atoms with Gasteiger partial charge in [-0.3, -0.25) is 9.71 Å². The molecular formula is C13H13FN2O3S. The lowest BCUT2D eigenvalue weighted by Crippen LogP contribution is -2.15. The van der Waals surface area contributed by atoms with Gasteiger partial charge < -0.3 is 5.11 Å². The van der Waals surface area contributed by atoms with Crippen molar-refractivity contribution in [2.75, 3.05) is 4.72 Å². The molecule has 0 aliphatic carbocycles. The fourth-order valence-corrected chi connectivity index (χ4v) is 3.02. The maximum absolute atomic E-state index is 13.2. The molecule has 7 heteroatoms. The van der Waals surface area contributed by atoms with E-state index in [1.165, 1.54) is 18.3 Å². The molecule has 0 radical (unpaired) electrons. The van der Waals surface area contributed by atoms with Gasteiger partial charge in [0, 0.05) is 11.9 Å².